The predicted octanol–water partition coefficient (Wildman–Crippen LogP) is 19.6. The molecule has 15 rings (SSSR count). The molecule has 10 aromatic carbocycles. The van der Waals surface area contributed by atoms with Crippen molar-refractivity contribution in [2.45, 2.75) is 78.6 Å². The molecule has 4 aromatic heterocycles. The topological polar surface area (TPSA) is 40.8 Å². The van der Waals surface area contributed by atoms with Crippen LogP contribution >= 0.6 is 0 Å². The predicted molar refractivity (Wildman–Crippen MR) is 346 cm³/mol. The van der Waals surface area contributed by atoms with Crippen molar-refractivity contribution in [3.63, 3.8) is 0 Å². The Labute approximate surface area is 522 Å². The third-order valence-corrected chi connectivity index (χ3v) is 16.6. The third kappa shape index (κ3) is 8.95. The van der Waals surface area contributed by atoms with Gasteiger partial charge in [-0.05, 0) is 137 Å². The van der Waals surface area contributed by atoms with E-state index in [-0.39, 0.29) is 66.2 Å². The monoisotopic (exact) mass is 1290 g/mol. The molecule has 0 atom stereocenters. The van der Waals surface area contributed by atoms with Crippen LogP contribution in [0.3, 0.4) is 0 Å². The van der Waals surface area contributed by atoms with Crippen molar-refractivity contribution in [3.05, 3.63) is 253 Å². The molecule has 418 valence electrons. The number of benzene rings is 10. The van der Waals surface area contributed by atoms with Crippen LogP contribution in [0.4, 0.5) is 0 Å². The SMILES string of the molecule is [2H]c1c([2H])c([2H])c2c(c1[2H])-c1cc(C(C)(C)C)c(-c3ccc(C(C)(C)C)cc3)cc1-[n+]1[c-]n(-c3[c-]c(Oc4[c-]c5c(cc4)c4ccccc4n5-c4cc(C(C)(C)C)ccn4)ccc3)c3cc(-n4c5ccccc5c5ccccc54)cc(c31)-c1c([2H])c([2H])c([2H])c([2H])c1-2.[Pt]. The van der Waals surface area contributed by atoms with E-state index < -0.39 is 41.7 Å². The molecule has 0 aliphatic carbocycles. The second kappa shape index (κ2) is 20.0. The molecule has 0 bridgehead atoms. The Morgan fingerprint density at radius 1 is 0.471 bits per heavy atom. The van der Waals surface area contributed by atoms with Gasteiger partial charge in [-0.2, -0.15) is 18.2 Å². The molecule has 5 heterocycles. The van der Waals surface area contributed by atoms with Crippen LogP contribution in [0.15, 0.2) is 218 Å². The Morgan fingerprint density at radius 3 is 1.67 bits per heavy atom. The summed E-state index contributed by atoms with van der Waals surface area (Å²) < 4.78 is 92.6. The molecule has 0 unspecified atom stereocenters. The summed E-state index contributed by atoms with van der Waals surface area (Å²) in [6.45, 7) is 19.5. The fourth-order valence-electron chi connectivity index (χ4n) is 12.4. The number of para-hydroxylation sites is 3. The normalized spacial score (nSPS) is 13.8. The number of rotatable bonds is 6. The van der Waals surface area contributed by atoms with E-state index in [1.54, 1.807) is 0 Å². The standard InChI is InChI=1S/C78H63N5O.Pt/c1-76(2,3)50-35-33-49(34-36-50)64-47-71-65(46-67(64)78(7,8)9)58-25-12-10-23-56(58)57-24-11-13-26-59(57)66-43-53(82-68-30-17-14-27-60(68)61-28-15-18-31-69(61)82)44-73-75(66)81(71)48-80(73)52-21-20-22-54(42-52)84-55-37-38-63-62-29-16-19-32-70(62)83(72(63)45-55)74-41-51(39-40-79-74)77(4,5)6;/h10-41,43-44,46-47H,1-9H3;/q-2;/i10D,11D,12D,13D,23D,24D,25D,26D;. The summed E-state index contributed by atoms with van der Waals surface area (Å²) >= 11 is 0. The first kappa shape index (κ1) is 45.4. The van der Waals surface area contributed by atoms with E-state index in [0.29, 0.717) is 50.7 Å². The van der Waals surface area contributed by atoms with E-state index in [1.165, 1.54) is 0 Å². The summed E-state index contributed by atoms with van der Waals surface area (Å²) in [6.07, 6.45) is 5.65. The zero-order valence-corrected chi connectivity index (χ0v) is 50.9. The van der Waals surface area contributed by atoms with Gasteiger partial charge in [0.15, 0.2) is 0 Å². The van der Waals surface area contributed by atoms with Gasteiger partial charge >= 0.3 is 0 Å². The van der Waals surface area contributed by atoms with Gasteiger partial charge in [0, 0.05) is 60.7 Å². The first-order chi connectivity index (χ1) is 43.9. The summed E-state index contributed by atoms with van der Waals surface area (Å²) in [7, 11) is 0. The van der Waals surface area contributed by atoms with Crippen LogP contribution in [0.2, 0.25) is 0 Å². The molecule has 1 aliphatic heterocycles. The van der Waals surface area contributed by atoms with Crippen molar-refractivity contribution in [3.8, 4) is 78.9 Å². The van der Waals surface area contributed by atoms with Crippen LogP contribution in [-0.2, 0) is 37.3 Å². The number of hydrogen-bond donors (Lipinski definition) is 0. The van der Waals surface area contributed by atoms with E-state index in [0.717, 1.165) is 77.2 Å². The zero-order valence-electron chi connectivity index (χ0n) is 56.6. The molecule has 7 heteroatoms. The maximum absolute atomic E-state index is 10.1. The van der Waals surface area contributed by atoms with Gasteiger partial charge in [0.2, 0.25) is 0 Å². The van der Waals surface area contributed by atoms with E-state index in [4.69, 9.17) is 9.72 Å². The average molecular weight is 1290 g/mol. The van der Waals surface area contributed by atoms with Gasteiger partial charge in [0.25, 0.3) is 6.33 Å². The second-order valence-corrected chi connectivity index (χ2v) is 25.1. The van der Waals surface area contributed by atoms with Gasteiger partial charge in [-0.15, -0.1) is 29.7 Å². The van der Waals surface area contributed by atoms with Crippen LogP contribution in [0.1, 0.15) is 90.0 Å². The molecule has 0 saturated heterocycles. The minimum absolute atomic E-state index is 0. The molecular formula is C78H63N5OPt-2. The van der Waals surface area contributed by atoms with Crippen LogP contribution in [0.5, 0.6) is 11.5 Å². The zero-order chi connectivity index (χ0) is 64.4. The number of pyridine rings is 1. The summed E-state index contributed by atoms with van der Waals surface area (Å²) in [6, 6.07) is 58.6. The average Bonchev–Trinajstić information content (AvgIpc) is 1.63. The Morgan fingerprint density at radius 2 is 1.05 bits per heavy atom. The van der Waals surface area contributed by atoms with Gasteiger partial charge in [0.1, 0.15) is 5.82 Å². The molecule has 0 saturated carbocycles. The van der Waals surface area contributed by atoms with Crippen LogP contribution in [-0.4, -0.2) is 18.7 Å². The van der Waals surface area contributed by atoms with Crippen molar-refractivity contribution in [2.24, 2.45) is 0 Å². The molecule has 0 fully saturated rings. The number of imidazole rings is 1. The minimum Gasteiger partial charge on any atom is -0.510 e. The van der Waals surface area contributed by atoms with E-state index in [9.17, 15) is 11.0 Å². The van der Waals surface area contributed by atoms with Crippen LogP contribution in [0, 0.1) is 18.5 Å². The van der Waals surface area contributed by atoms with Crippen molar-refractivity contribution < 1.29 is 41.3 Å². The maximum atomic E-state index is 10.1. The Kier molecular flexibility index (Phi) is 10.7. The van der Waals surface area contributed by atoms with Crippen LogP contribution in [0.25, 0.3) is 122 Å². The Hall–Kier alpha value is -9.09. The smallest absolute Gasteiger partial charge is 0.268 e. The fraction of sp³-hybridized carbons (Fsp3) is 0.154. The molecule has 0 N–H and O–H groups in total. The number of fused-ring (bicyclic) bond motifs is 13. The summed E-state index contributed by atoms with van der Waals surface area (Å²) in [5, 5.41) is 4.04. The van der Waals surface area contributed by atoms with Crippen molar-refractivity contribution in [1.29, 1.82) is 0 Å². The van der Waals surface area contributed by atoms with Gasteiger partial charge in [-0.25, -0.2) is 4.98 Å². The van der Waals surface area contributed by atoms with Crippen LogP contribution < -0.4 is 9.30 Å². The summed E-state index contributed by atoms with van der Waals surface area (Å²) in [5.74, 6) is 1.57. The molecule has 1 aliphatic rings. The molecule has 85 heavy (non-hydrogen) atoms. The molecule has 0 amide bonds. The largest absolute Gasteiger partial charge is 0.510 e. The van der Waals surface area contributed by atoms with Gasteiger partial charge in [-0.3, -0.25) is 4.57 Å². The van der Waals surface area contributed by atoms with Crippen molar-refractivity contribution in [1.82, 2.24) is 18.7 Å². The molecule has 14 aromatic rings. The third-order valence-electron chi connectivity index (χ3n) is 16.6. The molecular weight excluding hydrogens is 1220 g/mol. The van der Waals surface area contributed by atoms with E-state index in [1.807, 2.05) is 88.1 Å². The van der Waals surface area contributed by atoms with E-state index in [2.05, 4.69) is 181 Å². The number of hydrogen-bond acceptors (Lipinski definition) is 2. The quantitative estimate of drug-likeness (QED) is 0.123. The first-order valence-corrected chi connectivity index (χ1v) is 28.5. The number of aromatic nitrogens is 5. The number of nitrogens with zero attached hydrogens (tertiary/aromatic N) is 5. The van der Waals surface area contributed by atoms with Crippen molar-refractivity contribution >= 4 is 54.6 Å². The van der Waals surface area contributed by atoms with Gasteiger partial charge < -0.3 is 18.4 Å². The number of ether oxygens (including phenoxy) is 1. The second-order valence-electron chi connectivity index (χ2n) is 25.1. The Balaban J connectivity index is 0.00000749. The van der Waals surface area contributed by atoms with Gasteiger partial charge in [-0.1, -0.05) is 201 Å². The summed E-state index contributed by atoms with van der Waals surface area (Å²) in [5.41, 5.74) is 11.2. The maximum Gasteiger partial charge on any atom is 0.268 e. The first-order valence-electron chi connectivity index (χ1n) is 32.5. The molecule has 6 nitrogen and oxygen atoms in total. The van der Waals surface area contributed by atoms with E-state index >= 15 is 0 Å². The van der Waals surface area contributed by atoms with Crippen molar-refractivity contribution in [2.75, 3.05) is 0 Å². The molecule has 0 radical (unpaired) electrons. The summed E-state index contributed by atoms with van der Waals surface area (Å²) in [4.78, 5) is 4.90. The Bertz CT molecular complexity index is 5440. The molecule has 0 spiro atoms. The fourth-order valence-corrected chi connectivity index (χ4v) is 12.4. The van der Waals surface area contributed by atoms with Gasteiger partial charge in [0.05, 0.1) is 38.7 Å². The minimum atomic E-state index is -0.551.